The zero-order valence-electron chi connectivity index (χ0n) is 18.6. The van der Waals surface area contributed by atoms with Gasteiger partial charge in [0.15, 0.2) is 12.0 Å². The molecule has 1 amide bonds. The largest absolute Gasteiger partial charge is 0.484 e. The van der Waals surface area contributed by atoms with Crippen molar-refractivity contribution in [2.75, 3.05) is 32.9 Å². The molecular weight excluding hydrogens is 458 g/mol. The third-order valence-corrected chi connectivity index (χ3v) is 6.21. The average molecular weight is 484 g/mol. The van der Waals surface area contributed by atoms with Crippen molar-refractivity contribution < 1.29 is 28.6 Å². The second kappa shape index (κ2) is 11.9. The van der Waals surface area contributed by atoms with Crippen molar-refractivity contribution in [2.24, 2.45) is 0 Å². The van der Waals surface area contributed by atoms with Crippen molar-refractivity contribution in [1.29, 1.82) is 0 Å². The van der Waals surface area contributed by atoms with Crippen molar-refractivity contribution in [3.63, 3.8) is 0 Å². The van der Waals surface area contributed by atoms with Gasteiger partial charge in [0.25, 0.3) is 5.91 Å². The number of hydrogen-bond donors (Lipinski definition) is 0. The molecular formula is C25H25NO7S. The van der Waals surface area contributed by atoms with E-state index in [-0.39, 0.29) is 38.3 Å². The number of esters is 2. The van der Waals surface area contributed by atoms with E-state index in [4.69, 9.17) is 14.2 Å². The van der Waals surface area contributed by atoms with Gasteiger partial charge in [0.1, 0.15) is 19.0 Å². The predicted octanol–water partition coefficient (Wildman–Crippen LogP) is 1.28. The van der Waals surface area contributed by atoms with E-state index in [1.54, 1.807) is 23.5 Å². The van der Waals surface area contributed by atoms with E-state index in [0.717, 1.165) is 34.2 Å². The number of rotatable bonds is 11. The van der Waals surface area contributed by atoms with Crippen LogP contribution in [0.4, 0.5) is 0 Å². The standard InChI is InChI=1S/C25H25NO7S/c1-3-23(28)31-13-11-26(12-14-32-24(29)4-2)22(27)16-33-17-9-10-21-19(15-17)25(30)18-7-5-6-8-20(18)34-21/h3-4,7-10,15H,1-2,5-6,11-14,16H2. The summed E-state index contributed by atoms with van der Waals surface area (Å²) in [5.74, 6) is -1.22. The minimum Gasteiger partial charge on any atom is -0.484 e. The topological polar surface area (TPSA) is 99.2 Å². The van der Waals surface area contributed by atoms with Gasteiger partial charge in [-0.3, -0.25) is 9.59 Å². The van der Waals surface area contributed by atoms with E-state index in [0.29, 0.717) is 16.4 Å². The Labute approximate surface area is 200 Å². The predicted molar refractivity (Wildman–Crippen MR) is 130 cm³/mol. The van der Waals surface area contributed by atoms with Crippen LogP contribution in [0.5, 0.6) is 5.75 Å². The molecule has 8 nitrogen and oxygen atoms in total. The lowest BCUT2D eigenvalue weighted by atomic mass is 10.1. The van der Waals surface area contributed by atoms with Crippen LogP contribution in [-0.2, 0) is 23.9 Å². The summed E-state index contributed by atoms with van der Waals surface area (Å²) < 4.78 is 17.4. The highest BCUT2D eigenvalue weighted by Crippen LogP contribution is 2.19. The minimum atomic E-state index is -0.607. The maximum absolute atomic E-state index is 12.9. The molecule has 3 rings (SSSR count). The summed E-state index contributed by atoms with van der Waals surface area (Å²) in [4.78, 5) is 49.5. The third kappa shape index (κ3) is 6.41. The Morgan fingerprint density at radius 1 is 1.00 bits per heavy atom. The normalized spacial score (nSPS) is 11.9. The van der Waals surface area contributed by atoms with Crippen LogP contribution in [0.15, 0.2) is 48.3 Å². The maximum Gasteiger partial charge on any atom is 0.330 e. The fraction of sp³-hybridized carbons (Fsp3) is 0.280. The second-order valence-electron chi connectivity index (χ2n) is 7.27. The number of amides is 1. The molecule has 0 unspecified atom stereocenters. The number of ether oxygens (including phenoxy) is 3. The maximum atomic E-state index is 12.9. The van der Waals surface area contributed by atoms with Crippen LogP contribution in [0.1, 0.15) is 12.8 Å². The van der Waals surface area contributed by atoms with Gasteiger partial charge in [-0.05, 0) is 31.0 Å². The summed E-state index contributed by atoms with van der Waals surface area (Å²) in [5, 5.41) is 1.26. The molecule has 0 radical (unpaired) electrons. The minimum absolute atomic E-state index is 0.0498. The first kappa shape index (κ1) is 24.9. The molecule has 0 saturated carbocycles. The molecule has 0 atom stereocenters. The Morgan fingerprint density at radius 3 is 2.29 bits per heavy atom. The van der Waals surface area contributed by atoms with E-state index < -0.39 is 17.8 Å². The van der Waals surface area contributed by atoms with Crippen LogP contribution in [0, 0.1) is 0 Å². The molecule has 1 aromatic carbocycles. The third-order valence-electron chi connectivity index (χ3n) is 5.03. The Balaban J connectivity index is 1.69. The molecule has 0 aliphatic heterocycles. The number of carbonyl (C=O) groups is 3. The molecule has 0 fully saturated rings. The highest BCUT2D eigenvalue weighted by Gasteiger charge is 2.16. The van der Waals surface area contributed by atoms with Gasteiger partial charge in [0, 0.05) is 32.0 Å². The first-order valence-electron chi connectivity index (χ1n) is 10.7. The molecule has 0 saturated heterocycles. The summed E-state index contributed by atoms with van der Waals surface area (Å²) in [6.07, 6.45) is 7.86. The van der Waals surface area contributed by atoms with E-state index in [9.17, 15) is 19.2 Å². The molecule has 178 valence electrons. The van der Waals surface area contributed by atoms with Crippen molar-refractivity contribution in [2.45, 2.75) is 12.8 Å². The van der Waals surface area contributed by atoms with Crippen LogP contribution in [0.2, 0.25) is 0 Å². The molecule has 0 N–H and O–H groups in total. The lowest BCUT2D eigenvalue weighted by Gasteiger charge is -2.22. The summed E-state index contributed by atoms with van der Waals surface area (Å²) in [6, 6.07) is 5.17. The van der Waals surface area contributed by atoms with Gasteiger partial charge in [-0.1, -0.05) is 25.3 Å². The van der Waals surface area contributed by atoms with Gasteiger partial charge < -0.3 is 19.1 Å². The van der Waals surface area contributed by atoms with Gasteiger partial charge in [0.2, 0.25) is 0 Å². The number of hydrogen-bond acceptors (Lipinski definition) is 8. The summed E-state index contributed by atoms with van der Waals surface area (Å²) >= 11 is 1.55. The average Bonchev–Trinajstić information content (AvgIpc) is 2.86. The zero-order valence-corrected chi connectivity index (χ0v) is 19.4. The lowest BCUT2D eigenvalue weighted by molar-refractivity contribution is -0.143. The quantitative estimate of drug-likeness (QED) is 0.351. The fourth-order valence-corrected chi connectivity index (χ4v) is 4.43. The lowest BCUT2D eigenvalue weighted by Crippen LogP contribution is -2.40. The smallest absolute Gasteiger partial charge is 0.330 e. The molecule has 0 spiro atoms. The van der Waals surface area contributed by atoms with E-state index >= 15 is 0 Å². The van der Waals surface area contributed by atoms with Crippen molar-refractivity contribution in [1.82, 2.24) is 4.90 Å². The number of nitrogens with zero attached hydrogens (tertiary/aromatic N) is 1. The summed E-state index contributed by atoms with van der Waals surface area (Å²) in [5.41, 5.74) is -0.0498. The Morgan fingerprint density at radius 2 is 1.65 bits per heavy atom. The van der Waals surface area contributed by atoms with Gasteiger partial charge in [-0.25, -0.2) is 9.59 Å². The van der Waals surface area contributed by atoms with Crippen molar-refractivity contribution in [3.05, 3.63) is 63.5 Å². The van der Waals surface area contributed by atoms with Crippen LogP contribution in [-0.4, -0.2) is 55.7 Å². The van der Waals surface area contributed by atoms with Crippen LogP contribution < -0.4 is 19.9 Å². The monoisotopic (exact) mass is 483 g/mol. The SMILES string of the molecule is C=CC(=O)OCCN(CCOC(=O)C=C)C(=O)COc1ccc2sc3c(c(=O)c2c1)=CCCC=3. The molecule has 34 heavy (non-hydrogen) atoms. The molecule has 0 bridgehead atoms. The van der Waals surface area contributed by atoms with Crippen LogP contribution >= 0.6 is 11.3 Å². The van der Waals surface area contributed by atoms with Crippen LogP contribution in [0.3, 0.4) is 0 Å². The second-order valence-corrected chi connectivity index (χ2v) is 8.35. The van der Waals surface area contributed by atoms with Crippen molar-refractivity contribution >= 4 is 51.4 Å². The molecule has 1 aliphatic rings. The zero-order chi connectivity index (χ0) is 24.5. The Bertz CT molecular complexity index is 1270. The van der Waals surface area contributed by atoms with Gasteiger partial charge in [0.05, 0.1) is 13.1 Å². The van der Waals surface area contributed by atoms with Gasteiger partial charge in [-0.15, -0.1) is 11.3 Å². The number of benzene rings is 1. The fourth-order valence-electron chi connectivity index (χ4n) is 3.31. The highest BCUT2D eigenvalue weighted by molar-refractivity contribution is 7.16. The van der Waals surface area contributed by atoms with Gasteiger partial charge >= 0.3 is 11.9 Å². The first-order chi connectivity index (χ1) is 16.4. The molecule has 1 aromatic heterocycles. The molecule has 9 heteroatoms. The number of fused-ring (bicyclic) bond motifs is 2. The van der Waals surface area contributed by atoms with Crippen LogP contribution in [0.25, 0.3) is 22.2 Å². The summed E-state index contributed by atoms with van der Waals surface area (Å²) in [6.45, 7) is 6.38. The Kier molecular flexibility index (Phi) is 8.75. The van der Waals surface area contributed by atoms with Crippen molar-refractivity contribution in [3.8, 4) is 5.75 Å². The molecule has 1 aliphatic carbocycles. The highest BCUT2D eigenvalue weighted by atomic mass is 32.1. The van der Waals surface area contributed by atoms with E-state index in [2.05, 4.69) is 19.2 Å². The van der Waals surface area contributed by atoms with E-state index in [1.807, 2.05) is 12.1 Å². The first-order valence-corrected chi connectivity index (χ1v) is 11.5. The summed E-state index contributed by atoms with van der Waals surface area (Å²) in [7, 11) is 0. The Hall–Kier alpha value is -3.72. The molecule has 2 aromatic rings. The number of carbonyl (C=O) groups excluding carboxylic acids is 3. The molecule has 1 heterocycles. The van der Waals surface area contributed by atoms with E-state index in [1.165, 1.54) is 4.90 Å². The van der Waals surface area contributed by atoms with Gasteiger partial charge in [-0.2, -0.15) is 0 Å².